The highest BCUT2D eigenvalue weighted by molar-refractivity contribution is 6.47. The van der Waals surface area contributed by atoms with Crippen molar-refractivity contribution < 1.29 is 37.9 Å². The van der Waals surface area contributed by atoms with E-state index in [0.717, 1.165) is 0 Å². The summed E-state index contributed by atoms with van der Waals surface area (Å²) in [5.41, 5.74) is 0.883. The highest BCUT2D eigenvalue weighted by Gasteiger charge is 2.37. The Hall–Kier alpha value is -20.6. The molecule has 696 valence electrons. The number of para-hydroxylation sites is 12. The van der Waals surface area contributed by atoms with Gasteiger partial charge in [-0.05, 0) is 194 Å². The molecule has 30 rings (SSSR count). The van der Waals surface area contributed by atoms with E-state index in [0.29, 0.717) is 287 Å². The third-order valence-corrected chi connectivity index (χ3v) is 28.6. The van der Waals surface area contributed by atoms with Crippen LogP contribution in [0.25, 0.3) is 195 Å². The number of benzene rings is 22. The molecule has 0 N–H and O–H groups in total. The number of aromatic nitrogens is 4. The van der Waals surface area contributed by atoms with Gasteiger partial charge in [0, 0.05) is 154 Å². The van der Waals surface area contributed by atoms with Crippen molar-refractivity contribution in [3.05, 3.63) is 495 Å². The SMILES string of the molecule is O=c1cc2c3cc(Oc4ccccc4)c4c5c(Oc6ccccc6)cc6c(=O)n7c8ccccc8c(=O)cc7c7cc(Oc8ccccc8)c(c8c(Oc9ccccc9)cc(c(=O)n2c2ccccc12)c3c84)c5c67.O=c1cc2c3cc(Oc4ccccc4)c4c5c(Oc6ccccc6)cc6c7c(cc(Oc8ccccc8)c(c8c(Oc9ccccc9)cc(c(=O)n2c2ccccc12)c3c84)c57)c(=O)n1c2ccccc2c(=O)cc61. The molecule has 0 aliphatic heterocycles. The van der Waals surface area contributed by atoms with Crippen LogP contribution in [0.1, 0.15) is 0 Å². The monoisotopic (exact) mass is 1920 g/mol. The third-order valence-electron chi connectivity index (χ3n) is 28.6. The van der Waals surface area contributed by atoms with Gasteiger partial charge in [0.1, 0.15) is 92.0 Å². The van der Waals surface area contributed by atoms with Crippen LogP contribution in [0.5, 0.6) is 92.0 Å². The molecule has 0 aliphatic carbocycles. The van der Waals surface area contributed by atoms with Crippen LogP contribution in [0.2, 0.25) is 0 Å². The molecule has 0 unspecified atom stereocenters. The van der Waals surface area contributed by atoms with Crippen molar-refractivity contribution in [2.45, 2.75) is 0 Å². The molecule has 0 radical (unpaired) electrons. The highest BCUT2D eigenvalue weighted by atomic mass is 16.5. The normalized spacial score (nSPS) is 12.0. The number of hydrogen-bond donors (Lipinski definition) is 0. The summed E-state index contributed by atoms with van der Waals surface area (Å²) in [4.78, 5) is 119. The van der Waals surface area contributed by atoms with Gasteiger partial charge in [0.05, 0.1) is 65.7 Å². The topological polar surface area (TPSA) is 228 Å². The zero-order valence-electron chi connectivity index (χ0n) is 77.6. The Kier molecular flexibility index (Phi) is 18.5. The van der Waals surface area contributed by atoms with Crippen molar-refractivity contribution in [3.8, 4) is 92.0 Å². The lowest BCUT2D eigenvalue weighted by Crippen LogP contribution is -2.19. The van der Waals surface area contributed by atoms with Crippen molar-refractivity contribution in [3.63, 3.8) is 0 Å². The molecular weight excluding hydrogens is 1850 g/mol. The molecule has 8 aromatic heterocycles. The molecule has 0 atom stereocenters. The van der Waals surface area contributed by atoms with Crippen molar-refractivity contribution >= 4 is 195 Å². The molecule has 30 aromatic rings. The summed E-state index contributed by atoms with van der Waals surface area (Å²) >= 11 is 0. The molecule has 148 heavy (non-hydrogen) atoms. The van der Waals surface area contributed by atoms with Gasteiger partial charge >= 0.3 is 0 Å². The lowest BCUT2D eigenvalue weighted by Gasteiger charge is -2.26. The van der Waals surface area contributed by atoms with Crippen molar-refractivity contribution in [2.24, 2.45) is 0 Å². The van der Waals surface area contributed by atoms with E-state index in [9.17, 15) is 19.2 Å². The number of hydrogen-bond acceptors (Lipinski definition) is 16. The Morgan fingerprint density at radius 2 is 0.264 bits per heavy atom. The molecule has 0 saturated heterocycles. The van der Waals surface area contributed by atoms with Gasteiger partial charge in [-0.25, -0.2) is 0 Å². The summed E-state index contributed by atoms with van der Waals surface area (Å²) < 4.78 is 63.2. The standard InChI is InChI=1S/2C64H34N2O8/c67-49-33-47-41-29-51(71-35-17-5-1-6-18-35)57-59-53(73-37-21-9-3-10-22-37)31-44-56-42(48-34-50(68)40-26-14-16-28-46(40)66(48)64(44)70)30-52(72-36-19-7-2-8-20-36)58(62(56)59)60-54(74-38-23-11-4-12-24-38)32-43(55(41)61(57)60)63(69)65(47)45-27-15-13-25-39(45)49;67-49-33-47-41-29-51(71-35-17-5-1-6-18-35)57-58-52(72-36-19-7-2-8-20-36)30-42-48-34-50(68)40-26-14-16-28-46(40)66(48)64(70)44-32-54(74-38-23-11-4-12-24-38)60(62(58)56(42)44)59-53(73-37-21-9-3-10-22-37)31-43(55(41)61(57)59)63(69)65(47)45-27-15-13-25-39(45)49/h2*1-34H. The van der Waals surface area contributed by atoms with Gasteiger partial charge in [0.25, 0.3) is 22.2 Å². The second-order valence-corrected chi connectivity index (χ2v) is 36.9. The Bertz CT molecular complexity index is 10100. The first-order chi connectivity index (χ1) is 72.7. The minimum Gasteiger partial charge on any atom is -0.457 e. The zero-order valence-corrected chi connectivity index (χ0v) is 77.6. The summed E-state index contributed by atoms with van der Waals surface area (Å²) in [6.45, 7) is 0. The second kappa shape index (κ2) is 32.5. The molecule has 0 amide bonds. The van der Waals surface area contributed by atoms with E-state index in [-0.39, 0.29) is 44.0 Å². The number of rotatable bonds is 16. The van der Waals surface area contributed by atoms with Crippen LogP contribution in [0.3, 0.4) is 0 Å². The van der Waals surface area contributed by atoms with Crippen LogP contribution in [0.15, 0.2) is 451 Å². The summed E-state index contributed by atoms with van der Waals surface area (Å²) in [5, 5.41) is 13.9. The molecule has 20 heteroatoms. The molecule has 0 bridgehead atoms. The lowest BCUT2D eigenvalue weighted by atomic mass is 9.83. The first kappa shape index (κ1) is 84.3. The predicted octanol–water partition coefficient (Wildman–Crippen LogP) is 28.7. The molecule has 8 heterocycles. The minimum atomic E-state index is -0.367. The average Bonchev–Trinajstić information content (AvgIpc) is 0.667. The maximum atomic E-state index is 15.7. The van der Waals surface area contributed by atoms with Gasteiger partial charge in [-0.3, -0.25) is 56.0 Å². The van der Waals surface area contributed by atoms with E-state index in [1.54, 1.807) is 115 Å². The quantitative estimate of drug-likeness (QED) is 0.0647. The van der Waals surface area contributed by atoms with Crippen LogP contribution in [-0.2, 0) is 0 Å². The van der Waals surface area contributed by atoms with E-state index in [2.05, 4.69) is 0 Å². The van der Waals surface area contributed by atoms with E-state index in [1.165, 1.54) is 24.3 Å². The number of pyridine rings is 8. The summed E-state index contributed by atoms with van der Waals surface area (Å²) in [7, 11) is 0. The highest BCUT2D eigenvalue weighted by Crippen LogP contribution is 2.61. The average molecular weight is 1920 g/mol. The minimum absolute atomic E-state index is 0.249. The maximum Gasteiger partial charge on any atom is 0.263 e. The third kappa shape index (κ3) is 12.7. The summed E-state index contributed by atoms with van der Waals surface area (Å²) in [5.74, 6) is 6.73. The van der Waals surface area contributed by atoms with Crippen LogP contribution in [0, 0.1) is 0 Å². The van der Waals surface area contributed by atoms with Crippen LogP contribution in [-0.4, -0.2) is 17.6 Å². The van der Waals surface area contributed by atoms with Gasteiger partial charge < -0.3 is 37.9 Å². The number of ether oxygens (including phenoxy) is 8. The molecule has 20 nitrogen and oxygen atoms in total. The Morgan fingerprint density at radius 1 is 0.122 bits per heavy atom. The van der Waals surface area contributed by atoms with Crippen molar-refractivity contribution in [1.29, 1.82) is 0 Å². The van der Waals surface area contributed by atoms with Crippen LogP contribution < -0.4 is 81.8 Å². The Morgan fingerprint density at radius 3 is 0.426 bits per heavy atom. The van der Waals surface area contributed by atoms with Gasteiger partial charge in [0.15, 0.2) is 21.7 Å². The zero-order chi connectivity index (χ0) is 98.7. The fraction of sp³-hybridized carbons (Fsp3) is 0. The second-order valence-electron chi connectivity index (χ2n) is 36.9. The fourth-order valence-electron chi connectivity index (χ4n) is 22.6. The molecule has 0 aliphatic rings. The smallest absolute Gasteiger partial charge is 0.263 e. The van der Waals surface area contributed by atoms with E-state index < -0.39 is 0 Å². The van der Waals surface area contributed by atoms with E-state index in [1.807, 2.05) is 291 Å². The van der Waals surface area contributed by atoms with Crippen molar-refractivity contribution in [2.75, 3.05) is 0 Å². The van der Waals surface area contributed by atoms with Gasteiger partial charge in [-0.1, -0.05) is 194 Å². The first-order valence-corrected chi connectivity index (χ1v) is 48.1. The van der Waals surface area contributed by atoms with Gasteiger partial charge in [0.2, 0.25) is 0 Å². The number of nitrogens with zero attached hydrogens (tertiary/aromatic N) is 4. The van der Waals surface area contributed by atoms with Crippen LogP contribution >= 0.6 is 0 Å². The lowest BCUT2D eigenvalue weighted by molar-refractivity contribution is 0.483. The molecule has 0 saturated carbocycles. The molecular formula is C128H68N4O16. The summed E-state index contributed by atoms with van der Waals surface area (Å²) in [6.07, 6.45) is 0. The van der Waals surface area contributed by atoms with E-state index >= 15 is 19.2 Å². The Balaban J connectivity index is 0.000000140. The van der Waals surface area contributed by atoms with Gasteiger partial charge in [-0.15, -0.1) is 0 Å². The fourth-order valence-corrected chi connectivity index (χ4v) is 22.6. The molecule has 0 fully saturated rings. The number of fused-ring (bicyclic) bond motifs is 20. The van der Waals surface area contributed by atoms with Gasteiger partial charge in [-0.2, -0.15) is 0 Å². The first-order valence-electron chi connectivity index (χ1n) is 48.1. The van der Waals surface area contributed by atoms with E-state index in [4.69, 9.17) is 37.9 Å². The van der Waals surface area contributed by atoms with Crippen molar-refractivity contribution in [1.82, 2.24) is 17.6 Å². The summed E-state index contributed by atoms with van der Waals surface area (Å²) in [6, 6.07) is 124. The molecule has 22 aromatic carbocycles. The van der Waals surface area contributed by atoms with Crippen LogP contribution in [0.4, 0.5) is 0 Å². The largest absolute Gasteiger partial charge is 0.457 e. The Labute approximate surface area is 831 Å². The maximum absolute atomic E-state index is 15.7. The molecule has 0 spiro atoms. The predicted molar refractivity (Wildman–Crippen MR) is 586 cm³/mol.